The minimum atomic E-state index is 0.182. The van der Waals surface area contributed by atoms with E-state index in [-0.39, 0.29) is 5.78 Å². The van der Waals surface area contributed by atoms with Crippen molar-refractivity contribution < 1.29 is 9.53 Å². The number of ether oxygens (including phenoxy) is 1. The molecule has 0 aromatic heterocycles. The van der Waals surface area contributed by atoms with E-state index in [1.807, 2.05) is 31.2 Å². The SMILES string of the molecule is C=C/C=C\C=C/C.COCCC(C)=O. The zero-order chi connectivity index (χ0) is 11.2. The lowest BCUT2D eigenvalue weighted by Gasteiger charge is -1.89. The fraction of sp³-hybridized carbons (Fsp3) is 0.417. The highest BCUT2D eigenvalue weighted by molar-refractivity contribution is 5.75. The van der Waals surface area contributed by atoms with Gasteiger partial charge in [-0.15, -0.1) is 0 Å². The quantitative estimate of drug-likeness (QED) is 0.632. The van der Waals surface area contributed by atoms with E-state index in [1.54, 1.807) is 20.1 Å². The van der Waals surface area contributed by atoms with Crippen LogP contribution in [0.3, 0.4) is 0 Å². The molecular formula is C12H20O2. The summed E-state index contributed by atoms with van der Waals surface area (Å²) in [6.45, 7) is 7.60. The maximum atomic E-state index is 10.1. The van der Waals surface area contributed by atoms with Crippen LogP contribution >= 0.6 is 0 Å². The molecule has 0 radical (unpaired) electrons. The van der Waals surface area contributed by atoms with Crippen LogP contribution in [0.15, 0.2) is 37.0 Å². The van der Waals surface area contributed by atoms with Crippen LogP contribution in [-0.2, 0) is 9.53 Å². The zero-order valence-electron chi connectivity index (χ0n) is 9.32. The van der Waals surface area contributed by atoms with Crippen molar-refractivity contribution in [3.63, 3.8) is 0 Å². The predicted molar refractivity (Wildman–Crippen MR) is 61.3 cm³/mol. The van der Waals surface area contributed by atoms with Crippen LogP contribution in [0.25, 0.3) is 0 Å². The van der Waals surface area contributed by atoms with E-state index in [1.165, 1.54) is 0 Å². The number of rotatable bonds is 5. The Labute approximate surface area is 87.0 Å². The Hall–Kier alpha value is -1.15. The monoisotopic (exact) mass is 196 g/mol. The molecule has 0 atom stereocenters. The maximum Gasteiger partial charge on any atom is 0.132 e. The third kappa shape index (κ3) is 22.4. The van der Waals surface area contributed by atoms with Gasteiger partial charge in [-0.25, -0.2) is 0 Å². The standard InChI is InChI=1S/C7H10.C5H10O2/c1-3-5-7-6-4-2;1-5(6)3-4-7-2/h3-7H,1H2,2H3;3-4H2,1-2H3/b6-4-,7-5-;. The largest absolute Gasteiger partial charge is 0.384 e. The second-order valence-electron chi connectivity index (χ2n) is 2.59. The number of Topliss-reactive ketones (excluding diaryl/α,β-unsaturated/α-hetero) is 1. The van der Waals surface area contributed by atoms with Gasteiger partial charge in [-0.2, -0.15) is 0 Å². The summed E-state index contributed by atoms with van der Waals surface area (Å²) in [6, 6.07) is 0. The normalized spacial score (nSPS) is 9.93. The topological polar surface area (TPSA) is 26.3 Å². The Kier molecular flexibility index (Phi) is 15.7. The van der Waals surface area contributed by atoms with Crippen molar-refractivity contribution in [1.82, 2.24) is 0 Å². The molecule has 0 fully saturated rings. The smallest absolute Gasteiger partial charge is 0.132 e. The second-order valence-corrected chi connectivity index (χ2v) is 2.59. The number of carbonyl (C=O) groups excluding carboxylic acids is 1. The van der Waals surface area contributed by atoms with Crippen molar-refractivity contribution in [1.29, 1.82) is 0 Å². The molecule has 0 amide bonds. The lowest BCUT2D eigenvalue weighted by molar-refractivity contribution is -0.117. The number of carbonyl (C=O) groups is 1. The van der Waals surface area contributed by atoms with Crippen LogP contribution in [0.5, 0.6) is 0 Å². The lowest BCUT2D eigenvalue weighted by Crippen LogP contribution is -1.95. The van der Waals surface area contributed by atoms with Gasteiger partial charge < -0.3 is 4.74 Å². The summed E-state index contributed by atoms with van der Waals surface area (Å²) in [5.41, 5.74) is 0. The van der Waals surface area contributed by atoms with Crippen molar-refractivity contribution in [3.8, 4) is 0 Å². The number of methoxy groups -OCH3 is 1. The molecule has 0 heterocycles. The first kappa shape index (κ1) is 15.3. The first-order valence-electron chi connectivity index (χ1n) is 4.57. The van der Waals surface area contributed by atoms with Gasteiger partial charge in [-0.05, 0) is 13.8 Å². The van der Waals surface area contributed by atoms with E-state index in [9.17, 15) is 4.79 Å². The maximum absolute atomic E-state index is 10.1. The van der Waals surface area contributed by atoms with Crippen LogP contribution < -0.4 is 0 Å². The highest BCUT2D eigenvalue weighted by Crippen LogP contribution is 1.79. The highest BCUT2D eigenvalue weighted by Gasteiger charge is 1.87. The molecule has 0 saturated heterocycles. The third-order valence-corrected chi connectivity index (χ3v) is 1.21. The molecule has 0 rings (SSSR count). The zero-order valence-corrected chi connectivity index (χ0v) is 9.32. The fourth-order valence-electron chi connectivity index (χ4n) is 0.500. The van der Waals surface area contributed by atoms with Gasteiger partial charge in [0.2, 0.25) is 0 Å². The van der Waals surface area contributed by atoms with E-state index in [0.717, 1.165) is 0 Å². The first-order chi connectivity index (χ1) is 6.68. The summed E-state index contributed by atoms with van der Waals surface area (Å²) in [6.07, 6.45) is 10.0. The van der Waals surface area contributed by atoms with Crippen LogP contribution in [-0.4, -0.2) is 19.5 Å². The Balaban J connectivity index is 0. The number of hydrogen-bond donors (Lipinski definition) is 0. The Morgan fingerprint density at radius 1 is 1.36 bits per heavy atom. The molecule has 2 heteroatoms. The number of ketones is 1. The van der Waals surface area contributed by atoms with Gasteiger partial charge in [0, 0.05) is 13.5 Å². The van der Waals surface area contributed by atoms with E-state index >= 15 is 0 Å². The molecule has 0 aliphatic carbocycles. The van der Waals surface area contributed by atoms with Crippen molar-refractivity contribution in [2.75, 3.05) is 13.7 Å². The van der Waals surface area contributed by atoms with Gasteiger partial charge in [0.15, 0.2) is 0 Å². The van der Waals surface area contributed by atoms with E-state index in [4.69, 9.17) is 0 Å². The molecule has 2 nitrogen and oxygen atoms in total. The van der Waals surface area contributed by atoms with E-state index in [2.05, 4.69) is 11.3 Å². The molecule has 0 aromatic rings. The Morgan fingerprint density at radius 3 is 2.29 bits per heavy atom. The minimum Gasteiger partial charge on any atom is -0.384 e. The molecule has 0 aliphatic heterocycles. The van der Waals surface area contributed by atoms with Crippen LogP contribution in [0.2, 0.25) is 0 Å². The third-order valence-electron chi connectivity index (χ3n) is 1.21. The highest BCUT2D eigenvalue weighted by atomic mass is 16.5. The first-order valence-corrected chi connectivity index (χ1v) is 4.57. The second kappa shape index (κ2) is 14.4. The van der Waals surface area contributed by atoms with Crippen molar-refractivity contribution >= 4 is 5.78 Å². The molecule has 0 aromatic carbocycles. The number of allylic oxidation sites excluding steroid dienone is 5. The lowest BCUT2D eigenvalue weighted by atomic mass is 10.3. The average Bonchev–Trinajstić information content (AvgIpc) is 2.16. The van der Waals surface area contributed by atoms with Crippen molar-refractivity contribution in [3.05, 3.63) is 37.0 Å². The number of hydrogen-bond acceptors (Lipinski definition) is 2. The summed E-state index contributed by atoms with van der Waals surface area (Å²) in [5, 5.41) is 0. The van der Waals surface area contributed by atoms with Crippen LogP contribution in [0, 0.1) is 0 Å². The molecule has 14 heavy (non-hydrogen) atoms. The summed E-state index contributed by atoms with van der Waals surface area (Å²) in [5.74, 6) is 0.182. The summed E-state index contributed by atoms with van der Waals surface area (Å²) < 4.78 is 4.63. The summed E-state index contributed by atoms with van der Waals surface area (Å²) in [7, 11) is 1.59. The molecule has 0 spiro atoms. The van der Waals surface area contributed by atoms with Gasteiger partial charge in [0.1, 0.15) is 5.78 Å². The van der Waals surface area contributed by atoms with Crippen molar-refractivity contribution in [2.45, 2.75) is 20.3 Å². The van der Waals surface area contributed by atoms with E-state index < -0.39 is 0 Å². The molecule has 80 valence electrons. The van der Waals surface area contributed by atoms with Gasteiger partial charge >= 0.3 is 0 Å². The molecule has 0 N–H and O–H groups in total. The van der Waals surface area contributed by atoms with Crippen molar-refractivity contribution in [2.24, 2.45) is 0 Å². The molecule has 0 bridgehead atoms. The minimum absolute atomic E-state index is 0.182. The molecular weight excluding hydrogens is 176 g/mol. The van der Waals surface area contributed by atoms with Crippen LogP contribution in [0.4, 0.5) is 0 Å². The summed E-state index contributed by atoms with van der Waals surface area (Å²) in [4.78, 5) is 10.1. The molecule has 0 saturated carbocycles. The average molecular weight is 196 g/mol. The molecule has 0 unspecified atom stereocenters. The predicted octanol–water partition coefficient (Wildman–Crippen LogP) is 2.92. The van der Waals surface area contributed by atoms with Gasteiger partial charge in [-0.3, -0.25) is 4.79 Å². The van der Waals surface area contributed by atoms with E-state index in [0.29, 0.717) is 13.0 Å². The Bertz CT molecular complexity index is 190. The van der Waals surface area contributed by atoms with Gasteiger partial charge in [0.25, 0.3) is 0 Å². The van der Waals surface area contributed by atoms with Gasteiger partial charge in [-0.1, -0.05) is 37.0 Å². The van der Waals surface area contributed by atoms with Gasteiger partial charge in [0.05, 0.1) is 6.61 Å². The summed E-state index contributed by atoms with van der Waals surface area (Å²) >= 11 is 0. The molecule has 0 aliphatic rings. The van der Waals surface area contributed by atoms with Crippen LogP contribution in [0.1, 0.15) is 20.3 Å². The fourth-order valence-corrected chi connectivity index (χ4v) is 0.500. The Morgan fingerprint density at radius 2 is 2.00 bits per heavy atom.